The summed E-state index contributed by atoms with van der Waals surface area (Å²) in [6.45, 7) is 6.98. The topological polar surface area (TPSA) is 84.1 Å². The molecule has 3 heterocycles. The van der Waals surface area contributed by atoms with Crippen LogP contribution in [0.4, 0.5) is 5.82 Å². The van der Waals surface area contributed by atoms with E-state index in [1.165, 1.54) is 10.4 Å². The van der Waals surface area contributed by atoms with E-state index < -0.39 is 0 Å². The second-order valence-electron chi connectivity index (χ2n) is 5.36. The van der Waals surface area contributed by atoms with Gasteiger partial charge in [-0.3, -0.25) is 9.69 Å². The molecule has 21 heavy (non-hydrogen) atoms. The molecule has 2 aromatic heterocycles. The number of amides is 1. The summed E-state index contributed by atoms with van der Waals surface area (Å²) in [6.07, 6.45) is 0.523. The van der Waals surface area contributed by atoms with Crippen molar-refractivity contribution in [3.63, 3.8) is 0 Å². The number of thiophene rings is 1. The molecule has 1 aliphatic rings. The highest BCUT2D eigenvalue weighted by molar-refractivity contribution is 7.18. The molecular formula is C14H19N5OS. The Hall–Kier alpha value is -1.73. The fourth-order valence-corrected chi connectivity index (χ4v) is 3.62. The van der Waals surface area contributed by atoms with Crippen LogP contribution in [0.3, 0.4) is 0 Å². The average molecular weight is 305 g/mol. The Labute approximate surface area is 127 Å². The van der Waals surface area contributed by atoms with Crippen LogP contribution in [0.2, 0.25) is 0 Å². The molecule has 3 N–H and O–H groups in total. The Balaban J connectivity index is 1.85. The molecule has 0 spiro atoms. The molecular weight excluding hydrogens is 286 g/mol. The number of aryl methyl sites for hydroxylation is 2. The second kappa shape index (κ2) is 5.57. The van der Waals surface area contributed by atoms with Gasteiger partial charge in [-0.25, -0.2) is 9.97 Å². The largest absolute Gasteiger partial charge is 0.383 e. The first-order chi connectivity index (χ1) is 10.0. The van der Waals surface area contributed by atoms with Gasteiger partial charge in [0.15, 0.2) is 0 Å². The summed E-state index contributed by atoms with van der Waals surface area (Å²) in [6, 6.07) is 0. The van der Waals surface area contributed by atoms with Gasteiger partial charge in [-0.1, -0.05) is 0 Å². The maximum absolute atomic E-state index is 11.4. The molecule has 0 radical (unpaired) electrons. The van der Waals surface area contributed by atoms with Crippen molar-refractivity contribution >= 4 is 33.3 Å². The van der Waals surface area contributed by atoms with Gasteiger partial charge < -0.3 is 11.1 Å². The van der Waals surface area contributed by atoms with Gasteiger partial charge in [0.2, 0.25) is 5.91 Å². The van der Waals surface area contributed by atoms with E-state index in [1.54, 1.807) is 11.3 Å². The molecule has 0 bridgehead atoms. The number of rotatable bonds is 2. The van der Waals surface area contributed by atoms with Crippen molar-refractivity contribution in [3.8, 4) is 0 Å². The molecule has 0 saturated carbocycles. The van der Waals surface area contributed by atoms with Gasteiger partial charge in [-0.05, 0) is 19.4 Å². The number of nitrogens with one attached hydrogen (secondary N) is 1. The van der Waals surface area contributed by atoms with Gasteiger partial charge >= 0.3 is 0 Å². The van der Waals surface area contributed by atoms with E-state index >= 15 is 0 Å². The predicted octanol–water partition coefficient (Wildman–Crippen LogP) is 1.21. The van der Waals surface area contributed by atoms with Gasteiger partial charge in [0.1, 0.15) is 16.5 Å². The summed E-state index contributed by atoms with van der Waals surface area (Å²) in [4.78, 5) is 24.8. The van der Waals surface area contributed by atoms with E-state index in [0.717, 1.165) is 29.1 Å². The molecule has 112 valence electrons. The number of hydrogen-bond donors (Lipinski definition) is 2. The number of hydrogen-bond acceptors (Lipinski definition) is 6. The van der Waals surface area contributed by atoms with Crippen LogP contribution in [0, 0.1) is 13.8 Å². The molecule has 1 saturated heterocycles. The van der Waals surface area contributed by atoms with Crippen molar-refractivity contribution in [3.05, 3.63) is 16.3 Å². The van der Waals surface area contributed by atoms with E-state index in [-0.39, 0.29) is 5.91 Å². The summed E-state index contributed by atoms with van der Waals surface area (Å²) >= 11 is 1.66. The molecule has 1 amide bonds. The lowest BCUT2D eigenvalue weighted by Crippen LogP contribution is -2.29. The first-order valence-corrected chi connectivity index (χ1v) is 7.87. The first-order valence-electron chi connectivity index (χ1n) is 7.05. The second-order valence-corrected chi connectivity index (χ2v) is 6.57. The van der Waals surface area contributed by atoms with Gasteiger partial charge in [0.25, 0.3) is 0 Å². The Morgan fingerprint density at radius 1 is 1.33 bits per heavy atom. The fourth-order valence-electron chi connectivity index (χ4n) is 2.57. The van der Waals surface area contributed by atoms with Gasteiger partial charge in [0, 0.05) is 30.9 Å². The summed E-state index contributed by atoms with van der Waals surface area (Å²) < 4.78 is 0. The number of nitrogen functional groups attached to an aromatic ring is 1. The molecule has 6 nitrogen and oxygen atoms in total. The summed E-state index contributed by atoms with van der Waals surface area (Å²) in [7, 11) is 0. The Morgan fingerprint density at radius 3 is 2.95 bits per heavy atom. The number of nitrogens with zero attached hydrogens (tertiary/aromatic N) is 3. The lowest BCUT2D eigenvalue weighted by Gasteiger charge is -2.17. The molecule has 7 heteroatoms. The molecule has 1 fully saturated rings. The first kappa shape index (κ1) is 14.2. The lowest BCUT2D eigenvalue weighted by molar-refractivity contribution is -0.120. The van der Waals surface area contributed by atoms with Crippen LogP contribution in [0.5, 0.6) is 0 Å². The van der Waals surface area contributed by atoms with Crippen molar-refractivity contribution in [2.75, 3.05) is 25.4 Å². The molecule has 0 atom stereocenters. The summed E-state index contributed by atoms with van der Waals surface area (Å²) in [5, 5.41) is 3.85. The van der Waals surface area contributed by atoms with Crippen LogP contribution < -0.4 is 11.1 Å². The van der Waals surface area contributed by atoms with E-state index in [9.17, 15) is 4.79 Å². The minimum atomic E-state index is 0.109. The Morgan fingerprint density at radius 2 is 2.14 bits per heavy atom. The van der Waals surface area contributed by atoms with Crippen molar-refractivity contribution < 1.29 is 4.79 Å². The molecule has 2 aromatic rings. The quantitative estimate of drug-likeness (QED) is 0.871. The minimum absolute atomic E-state index is 0.109. The molecule has 0 aliphatic carbocycles. The Bertz CT molecular complexity index is 696. The highest BCUT2D eigenvalue weighted by atomic mass is 32.1. The van der Waals surface area contributed by atoms with Crippen molar-refractivity contribution in [1.29, 1.82) is 0 Å². The maximum atomic E-state index is 11.4. The van der Waals surface area contributed by atoms with Crippen molar-refractivity contribution in [1.82, 2.24) is 20.2 Å². The standard InChI is InChI=1S/C14H19N5OS/c1-8-9(2)21-14-12(8)13(15)17-10(18-14)7-19-5-3-11(20)16-4-6-19/h3-7H2,1-2H3,(H,16,20)(H2,15,17,18). The van der Waals surface area contributed by atoms with Crippen molar-refractivity contribution in [2.24, 2.45) is 0 Å². The normalized spacial score (nSPS) is 17.0. The number of carbonyl (C=O) groups excluding carboxylic acids is 1. The molecule has 0 unspecified atom stereocenters. The molecule has 3 rings (SSSR count). The van der Waals surface area contributed by atoms with E-state index in [0.29, 0.717) is 25.3 Å². The zero-order valence-electron chi connectivity index (χ0n) is 12.3. The molecule has 0 aromatic carbocycles. The molecule has 1 aliphatic heterocycles. The monoisotopic (exact) mass is 305 g/mol. The lowest BCUT2D eigenvalue weighted by atomic mass is 10.2. The van der Waals surface area contributed by atoms with Crippen molar-refractivity contribution in [2.45, 2.75) is 26.8 Å². The third kappa shape index (κ3) is 2.84. The SMILES string of the molecule is Cc1sc2nc(CN3CCNC(=O)CC3)nc(N)c2c1C. The average Bonchev–Trinajstić information content (AvgIpc) is 2.59. The third-order valence-corrected chi connectivity index (χ3v) is 4.97. The number of nitrogens with two attached hydrogens (primary N) is 1. The zero-order valence-corrected chi connectivity index (χ0v) is 13.1. The number of aromatic nitrogens is 2. The van der Waals surface area contributed by atoms with E-state index in [4.69, 9.17) is 5.73 Å². The zero-order chi connectivity index (χ0) is 15.0. The highest BCUT2D eigenvalue weighted by Gasteiger charge is 2.17. The van der Waals surface area contributed by atoms with E-state index in [1.807, 2.05) is 0 Å². The van der Waals surface area contributed by atoms with Crippen LogP contribution in [0.15, 0.2) is 0 Å². The highest BCUT2D eigenvalue weighted by Crippen LogP contribution is 2.31. The number of fused-ring (bicyclic) bond motifs is 1. The predicted molar refractivity (Wildman–Crippen MR) is 84.2 cm³/mol. The number of anilines is 1. The number of carbonyl (C=O) groups is 1. The van der Waals surface area contributed by atoms with Crippen LogP contribution in [0.1, 0.15) is 22.7 Å². The maximum Gasteiger partial charge on any atom is 0.221 e. The summed E-state index contributed by atoms with van der Waals surface area (Å²) in [5.41, 5.74) is 7.27. The van der Waals surface area contributed by atoms with Gasteiger partial charge in [-0.2, -0.15) is 0 Å². The van der Waals surface area contributed by atoms with Crippen LogP contribution in [-0.4, -0.2) is 40.4 Å². The van der Waals surface area contributed by atoms with E-state index in [2.05, 4.69) is 34.0 Å². The van der Waals surface area contributed by atoms with Crippen LogP contribution in [-0.2, 0) is 11.3 Å². The Kier molecular flexibility index (Phi) is 3.77. The fraction of sp³-hybridized carbons (Fsp3) is 0.500. The minimum Gasteiger partial charge on any atom is -0.383 e. The van der Waals surface area contributed by atoms with Gasteiger partial charge in [-0.15, -0.1) is 11.3 Å². The van der Waals surface area contributed by atoms with Crippen LogP contribution >= 0.6 is 11.3 Å². The summed E-state index contributed by atoms with van der Waals surface area (Å²) in [5.74, 6) is 1.40. The van der Waals surface area contributed by atoms with Crippen LogP contribution in [0.25, 0.3) is 10.2 Å². The van der Waals surface area contributed by atoms with Gasteiger partial charge in [0.05, 0.1) is 11.9 Å². The third-order valence-electron chi connectivity index (χ3n) is 3.87. The smallest absolute Gasteiger partial charge is 0.221 e.